The van der Waals surface area contributed by atoms with Crippen molar-refractivity contribution in [3.8, 4) is 28.7 Å². The van der Waals surface area contributed by atoms with Crippen molar-refractivity contribution in [3.05, 3.63) is 57.6 Å². The summed E-state index contributed by atoms with van der Waals surface area (Å²) in [6.07, 6.45) is 6.61. The average Bonchev–Trinajstić information content (AvgIpc) is 2.87. The number of alkyl halides is 1. The smallest absolute Gasteiger partial charge is 0.348 e. The van der Waals surface area contributed by atoms with E-state index >= 15 is 0 Å². The molecule has 0 atom stereocenters. The van der Waals surface area contributed by atoms with Crippen LogP contribution in [0.25, 0.3) is 22.8 Å². The third kappa shape index (κ3) is 7.43. The van der Waals surface area contributed by atoms with Gasteiger partial charge in [0.15, 0.2) is 5.82 Å². The van der Waals surface area contributed by atoms with Crippen molar-refractivity contribution < 1.29 is 13.9 Å². The summed E-state index contributed by atoms with van der Waals surface area (Å²) in [5.41, 5.74) is 0.304. The second kappa shape index (κ2) is 12.7. The number of nitrogens with zero attached hydrogens (tertiary/aromatic N) is 3. The molecule has 2 aromatic heterocycles. The van der Waals surface area contributed by atoms with E-state index in [4.69, 9.17) is 16.3 Å². The predicted molar refractivity (Wildman–Crippen MR) is 139 cm³/mol. The number of carbonyl (C=O) groups excluding carboxylic acids is 1. The fourth-order valence-electron chi connectivity index (χ4n) is 3.52. The van der Waals surface area contributed by atoms with Crippen molar-refractivity contribution in [2.75, 3.05) is 13.3 Å². The molecule has 3 aromatic rings. The number of unbranched alkanes of at least 4 members (excludes halogenated alkanes) is 3. The minimum Gasteiger partial charge on any atom is -0.478 e. The molecular formula is C27H32ClFN4O3. The summed E-state index contributed by atoms with van der Waals surface area (Å²) in [5, 5.41) is 0.388. The van der Waals surface area contributed by atoms with Gasteiger partial charge in [0.05, 0.1) is 17.0 Å². The van der Waals surface area contributed by atoms with Crippen LogP contribution < -0.4 is 10.4 Å². The van der Waals surface area contributed by atoms with E-state index in [9.17, 15) is 14.0 Å². The van der Waals surface area contributed by atoms with Gasteiger partial charge in [-0.3, -0.25) is 14.2 Å². The third-order valence-electron chi connectivity index (χ3n) is 5.91. The van der Waals surface area contributed by atoms with E-state index in [1.54, 1.807) is 50.4 Å². The Labute approximate surface area is 215 Å². The van der Waals surface area contributed by atoms with Gasteiger partial charge in [-0.2, -0.15) is 4.98 Å². The topological polar surface area (TPSA) is 97.8 Å². The molecular weight excluding hydrogens is 483 g/mol. The van der Waals surface area contributed by atoms with Crippen molar-refractivity contribution in [2.24, 2.45) is 5.41 Å². The van der Waals surface area contributed by atoms with Crippen molar-refractivity contribution in [1.29, 1.82) is 0 Å². The van der Waals surface area contributed by atoms with E-state index in [0.717, 1.165) is 18.4 Å². The summed E-state index contributed by atoms with van der Waals surface area (Å²) < 4.78 is 18.8. The molecule has 0 bridgehead atoms. The van der Waals surface area contributed by atoms with Gasteiger partial charge in [-0.1, -0.05) is 57.7 Å². The zero-order valence-corrected chi connectivity index (χ0v) is 21.7. The van der Waals surface area contributed by atoms with Crippen LogP contribution in [-0.2, 0) is 11.2 Å². The summed E-state index contributed by atoms with van der Waals surface area (Å²) in [6, 6.07) is 8.73. The molecule has 0 fully saturated rings. The molecule has 7 nitrogen and oxygen atoms in total. The molecule has 36 heavy (non-hydrogen) atoms. The predicted octanol–water partition coefficient (Wildman–Crippen LogP) is 6.00. The highest BCUT2D eigenvalue weighted by atomic mass is 35.5. The number of aryl methyl sites for hydroxylation is 1. The Bertz CT molecular complexity index is 1230. The van der Waals surface area contributed by atoms with Crippen molar-refractivity contribution in [1.82, 2.24) is 19.9 Å². The summed E-state index contributed by atoms with van der Waals surface area (Å²) in [5.74, 6) is 0.808. The SMILES string of the molecule is CCCCCCOc1ccc(-c2nc(-c3cc(CCC(=O)C(C)(C)CF)ccc3Cl)[nH]c(=O)n2)cn1. The molecule has 0 aliphatic rings. The number of hydrogen-bond acceptors (Lipinski definition) is 6. The van der Waals surface area contributed by atoms with Gasteiger partial charge >= 0.3 is 5.69 Å². The Kier molecular flexibility index (Phi) is 9.70. The van der Waals surface area contributed by atoms with E-state index in [0.29, 0.717) is 35.1 Å². The first-order valence-corrected chi connectivity index (χ1v) is 12.6. The lowest BCUT2D eigenvalue weighted by molar-refractivity contribution is -0.127. The molecule has 0 radical (unpaired) electrons. The van der Waals surface area contributed by atoms with E-state index in [-0.39, 0.29) is 23.9 Å². The summed E-state index contributed by atoms with van der Waals surface area (Å²) in [6.45, 7) is 5.24. The standard InChI is InChI=1S/C27H32ClFN4O3/c1-4-5-6-7-14-36-23-13-10-19(16-30-23)24-31-25(33-26(35)32-24)20-15-18(8-11-21(20)28)9-12-22(34)27(2,3)17-29/h8,10-11,13,15-16H,4-7,9,12,14,17H2,1-3H3,(H,31,32,33,35). The number of aromatic amines is 1. The van der Waals surface area contributed by atoms with Gasteiger partial charge in [-0.15, -0.1) is 0 Å². The van der Waals surface area contributed by atoms with Gasteiger partial charge in [0.2, 0.25) is 5.88 Å². The first kappa shape index (κ1) is 27.5. The molecule has 1 aromatic carbocycles. The number of rotatable bonds is 13. The number of H-pyrrole nitrogens is 1. The molecule has 0 unspecified atom stereocenters. The minimum atomic E-state index is -1.01. The van der Waals surface area contributed by atoms with Crippen LogP contribution >= 0.6 is 11.6 Å². The highest BCUT2D eigenvalue weighted by molar-refractivity contribution is 6.33. The van der Waals surface area contributed by atoms with Crippen LogP contribution in [0, 0.1) is 5.41 Å². The van der Waals surface area contributed by atoms with Crippen LogP contribution in [0.4, 0.5) is 4.39 Å². The van der Waals surface area contributed by atoms with E-state index in [2.05, 4.69) is 26.9 Å². The first-order chi connectivity index (χ1) is 17.2. The summed E-state index contributed by atoms with van der Waals surface area (Å²) in [7, 11) is 0. The zero-order valence-electron chi connectivity index (χ0n) is 20.9. The molecule has 3 rings (SSSR count). The minimum absolute atomic E-state index is 0.153. The molecule has 0 spiro atoms. The van der Waals surface area contributed by atoms with E-state index < -0.39 is 17.8 Å². The fraction of sp³-hybridized carbons (Fsp3) is 0.444. The van der Waals surface area contributed by atoms with Crippen molar-refractivity contribution in [3.63, 3.8) is 0 Å². The average molecular weight is 515 g/mol. The largest absolute Gasteiger partial charge is 0.478 e. The third-order valence-corrected chi connectivity index (χ3v) is 6.24. The van der Waals surface area contributed by atoms with Crippen LogP contribution in [0.15, 0.2) is 41.3 Å². The normalized spacial score (nSPS) is 11.5. The first-order valence-electron chi connectivity index (χ1n) is 12.2. The summed E-state index contributed by atoms with van der Waals surface area (Å²) >= 11 is 6.41. The second-order valence-corrected chi connectivity index (χ2v) is 9.78. The number of halogens is 2. The quantitative estimate of drug-likeness (QED) is 0.281. The summed E-state index contributed by atoms with van der Waals surface area (Å²) in [4.78, 5) is 40.1. The number of aromatic nitrogens is 4. The van der Waals surface area contributed by atoms with Gasteiger partial charge in [-0.25, -0.2) is 14.8 Å². The maximum atomic E-state index is 13.1. The van der Waals surface area contributed by atoms with Crippen LogP contribution in [-0.4, -0.2) is 39.0 Å². The molecule has 0 saturated carbocycles. The lowest BCUT2D eigenvalue weighted by Gasteiger charge is -2.18. The molecule has 0 aliphatic heterocycles. The number of carbonyl (C=O) groups is 1. The number of nitrogens with one attached hydrogen (secondary N) is 1. The van der Waals surface area contributed by atoms with E-state index in [1.807, 2.05) is 0 Å². The number of benzene rings is 1. The van der Waals surface area contributed by atoms with E-state index in [1.165, 1.54) is 12.8 Å². The van der Waals surface area contributed by atoms with Crippen molar-refractivity contribution in [2.45, 2.75) is 59.3 Å². The monoisotopic (exact) mass is 514 g/mol. The highest BCUT2D eigenvalue weighted by Gasteiger charge is 2.26. The molecule has 0 aliphatic carbocycles. The highest BCUT2D eigenvalue weighted by Crippen LogP contribution is 2.28. The Morgan fingerprint density at radius 1 is 1.14 bits per heavy atom. The molecule has 2 heterocycles. The van der Waals surface area contributed by atoms with Crippen LogP contribution in [0.2, 0.25) is 5.02 Å². The number of Topliss-reactive ketones (excluding diaryl/α,β-unsaturated/α-hetero) is 1. The second-order valence-electron chi connectivity index (χ2n) is 9.38. The van der Waals surface area contributed by atoms with Crippen molar-refractivity contribution >= 4 is 17.4 Å². The number of ketones is 1. The molecule has 9 heteroatoms. The Morgan fingerprint density at radius 2 is 1.94 bits per heavy atom. The lowest BCUT2D eigenvalue weighted by atomic mass is 9.86. The molecule has 0 saturated heterocycles. The Balaban J connectivity index is 1.77. The van der Waals surface area contributed by atoms with Gasteiger partial charge in [0.1, 0.15) is 18.3 Å². The van der Waals surface area contributed by atoms with Crippen LogP contribution in [0.1, 0.15) is 58.4 Å². The number of pyridine rings is 1. The maximum absolute atomic E-state index is 13.1. The van der Waals surface area contributed by atoms with Gasteiger partial charge in [0, 0.05) is 29.8 Å². The number of hydrogen-bond donors (Lipinski definition) is 1. The lowest BCUT2D eigenvalue weighted by Crippen LogP contribution is -2.26. The Morgan fingerprint density at radius 3 is 2.64 bits per heavy atom. The van der Waals surface area contributed by atoms with Gasteiger partial charge in [-0.05, 0) is 36.6 Å². The fourth-order valence-corrected chi connectivity index (χ4v) is 3.73. The molecule has 0 amide bonds. The maximum Gasteiger partial charge on any atom is 0.348 e. The van der Waals surface area contributed by atoms with Gasteiger partial charge < -0.3 is 4.74 Å². The molecule has 192 valence electrons. The van der Waals surface area contributed by atoms with Gasteiger partial charge in [0.25, 0.3) is 0 Å². The Hall–Kier alpha value is -3.13. The molecule has 1 N–H and O–H groups in total. The van der Waals surface area contributed by atoms with Crippen LogP contribution in [0.3, 0.4) is 0 Å². The van der Waals surface area contributed by atoms with Crippen LogP contribution in [0.5, 0.6) is 5.88 Å². The number of ether oxygens (including phenoxy) is 1. The zero-order chi connectivity index (χ0) is 26.1.